The van der Waals surface area contributed by atoms with E-state index in [0.717, 1.165) is 5.75 Å². The summed E-state index contributed by atoms with van der Waals surface area (Å²) < 4.78 is 41.0. The first kappa shape index (κ1) is 16.0. The molecular formula is C11H16F3N3OS2. The van der Waals surface area contributed by atoms with Crippen LogP contribution in [-0.2, 0) is 6.54 Å². The maximum atomic E-state index is 12.0. The van der Waals surface area contributed by atoms with Crippen molar-refractivity contribution in [2.45, 2.75) is 42.3 Å². The number of halogens is 3. The van der Waals surface area contributed by atoms with Gasteiger partial charge in [-0.1, -0.05) is 19.0 Å². The lowest BCUT2D eigenvalue weighted by Gasteiger charge is -2.29. The van der Waals surface area contributed by atoms with Gasteiger partial charge in [0.2, 0.25) is 5.89 Å². The molecule has 3 unspecified atom stereocenters. The molecular weight excluding hydrogens is 311 g/mol. The van der Waals surface area contributed by atoms with Crippen molar-refractivity contribution in [2.75, 3.05) is 12.3 Å². The number of nitrogens with zero attached hydrogens (tertiary/aromatic N) is 2. The van der Waals surface area contributed by atoms with Crippen molar-refractivity contribution in [3.8, 4) is 0 Å². The van der Waals surface area contributed by atoms with E-state index in [9.17, 15) is 13.2 Å². The van der Waals surface area contributed by atoms with E-state index in [-0.39, 0.29) is 17.7 Å². The lowest BCUT2D eigenvalue weighted by molar-refractivity contribution is -0.125. The molecule has 0 aromatic carbocycles. The second kappa shape index (κ2) is 6.57. The number of hydrogen-bond donors (Lipinski definition) is 1. The van der Waals surface area contributed by atoms with Gasteiger partial charge in [-0.05, 0) is 0 Å². The van der Waals surface area contributed by atoms with Gasteiger partial charge in [0.1, 0.15) is 0 Å². The highest BCUT2D eigenvalue weighted by molar-refractivity contribution is 8.07. The Kier molecular flexibility index (Phi) is 5.25. The number of aromatic nitrogens is 2. The Morgan fingerprint density at radius 2 is 2.10 bits per heavy atom. The Morgan fingerprint density at radius 1 is 1.35 bits per heavy atom. The van der Waals surface area contributed by atoms with Gasteiger partial charge in [0.25, 0.3) is 0 Å². The van der Waals surface area contributed by atoms with E-state index in [1.807, 2.05) is 11.8 Å². The van der Waals surface area contributed by atoms with Crippen LogP contribution in [0.4, 0.5) is 13.2 Å². The van der Waals surface area contributed by atoms with E-state index >= 15 is 0 Å². The molecule has 9 heteroatoms. The van der Waals surface area contributed by atoms with Gasteiger partial charge in [-0.25, -0.2) is 0 Å². The Hall–Kier alpha value is -0.410. The standard InChI is InChI=1S/C11H16F3N3OS2/c1-6-7(2)20-8(4-19-6)10-16-9(18-17-10)3-15-5-11(12,13)14/h6-8,15H,3-5H2,1-2H3. The predicted molar refractivity (Wildman–Crippen MR) is 73.8 cm³/mol. The molecule has 1 aliphatic rings. The fourth-order valence-electron chi connectivity index (χ4n) is 1.70. The summed E-state index contributed by atoms with van der Waals surface area (Å²) in [5.41, 5.74) is 0. The Balaban J connectivity index is 1.86. The SMILES string of the molecule is CC1SCC(c2noc(CNCC(F)(F)F)n2)SC1C. The van der Waals surface area contributed by atoms with Crippen molar-refractivity contribution in [3.63, 3.8) is 0 Å². The molecule has 1 N–H and O–H groups in total. The van der Waals surface area contributed by atoms with E-state index in [1.165, 1.54) is 0 Å². The van der Waals surface area contributed by atoms with Crippen LogP contribution in [-0.4, -0.2) is 39.1 Å². The lowest BCUT2D eigenvalue weighted by Crippen LogP contribution is -2.28. The molecule has 4 nitrogen and oxygen atoms in total. The van der Waals surface area contributed by atoms with Crippen LogP contribution < -0.4 is 5.32 Å². The molecule has 2 rings (SSSR count). The average molecular weight is 327 g/mol. The van der Waals surface area contributed by atoms with Crippen molar-refractivity contribution in [1.29, 1.82) is 0 Å². The summed E-state index contributed by atoms with van der Waals surface area (Å²) in [7, 11) is 0. The van der Waals surface area contributed by atoms with E-state index in [0.29, 0.717) is 16.3 Å². The van der Waals surface area contributed by atoms with Crippen molar-refractivity contribution < 1.29 is 17.7 Å². The number of thioether (sulfide) groups is 2. The van der Waals surface area contributed by atoms with Gasteiger partial charge in [-0.2, -0.15) is 29.9 Å². The average Bonchev–Trinajstić information content (AvgIpc) is 2.80. The van der Waals surface area contributed by atoms with E-state index in [4.69, 9.17) is 4.52 Å². The largest absolute Gasteiger partial charge is 0.401 e. The highest BCUT2D eigenvalue weighted by Gasteiger charge is 2.30. The Labute approximate surface area is 123 Å². The summed E-state index contributed by atoms with van der Waals surface area (Å²) in [6.07, 6.45) is -4.23. The minimum atomic E-state index is -4.23. The normalized spacial score (nSPS) is 27.8. The zero-order chi connectivity index (χ0) is 14.8. The van der Waals surface area contributed by atoms with Crippen molar-refractivity contribution in [1.82, 2.24) is 15.5 Å². The van der Waals surface area contributed by atoms with Crippen LogP contribution in [0.5, 0.6) is 0 Å². The van der Waals surface area contributed by atoms with Crippen LogP contribution in [0, 0.1) is 0 Å². The maximum Gasteiger partial charge on any atom is 0.401 e. The zero-order valence-electron chi connectivity index (χ0n) is 11.1. The highest BCUT2D eigenvalue weighted by atomic mass is 32.2. The van der Waals surface area contributed by atoms with Gasteiger partial charge in [0, 0.05) is 16.3 Å². The molecule has 0 spiro atoms. The Morgan fingerprint density at radius 3 is 2.75 bits per heavy atom. The van der Waals surface area contributed by atoms with Gasteiger partial charge >= 0.3 is 6.18 Å². The summed E-state index contributed by atoms with van der Waals surface area (Å²) in [5.74, 6) is 1.66. The molecule has 3 atom stereocenters. The maximum absolute atomic E-state index is 12.0. The van der Waals surface area contributed by atoms with E-state index in [1.54, 1.807) is 11.8 Å². The lowest BCUT2D eigenvalue weighted by atomic mass is 10.3. The van der Waals surface area contributed by atoms with E-state index < -0.39 is 12.7 Å². The Bertz CT molecular complexity index is 441. The number of nitrogens with one attached hydrogen (secondary N) is 1. The molecule has 114 valence electrons. The summed E-state index contributed by atoms with van der Waals surface area (Å²) >= 11 is 3.64. The van der Waals surface area contributed by atoms with Gasteiger partial charge in [-0.3, -0.25) is 0 Å². The second-order valence-electron chi connectivity index (χ2n) is 4.63. The zero-order valence-corrected chi connectivity index (χ0v) is 12.7. The molecule has 0 radical (unpaired) electrons. The van der Waals surface area contributed by atoms with Crippen LogP contribution in [0.15, 0.2) is 4.52 Å². The first-order valence-corrected chi connectivity index (χ1v) is 8.21. The van der Waals surface area contributed by atoms with Crippen LogP contribution in [0.1, 0.15) is 30.8 Å². The summed E-state index contributed by atoms with van der Waals surface area (Å²) in [6.45, 7) is 3.21. The minimum Gasteiger partial charge on any atom is -0.338 e. The first-order chi connectivity index (χ1) is 9.35. The van der Waals surface area contributed by atoms with Crippen molar-refractivity contribution in [2.24, 2.45) is 0 Å². The molecule has 20 heavy (non-hydrogen) atoms. The van der Waals surface area contributed by atoms with Gasteiger partial charge < -0.3 is 9.84 Å². The third-order valence-electron chi connectivity index (χ3n) is 2.92. The third-order valence-corrected chi connectivity index (χ3v) is 6.31. The number of rotatable bonds is 4. The number of alkyl halides is 3. The van der Waals surface area contributed by atoms with E-state index in [2.05, 4.69) is 29.3 Å². The molecule has 2 heterocycles. The topological polar surface area (TPSA) is 51.0 Å². The van der Waals surface area contributed by atoms with Gasteiger partial charge in [-0.15, -0.1) is 11.8 Å². The quantitative estimate of drug-likeness (QED) is 0.917. The second-order valence-corrected chi connectivity index (χ2v) is 7.63. The molecule has 1 aromatic heterocycles. The molecule has 0 aliphatic carbocycles. The molecule has 0 bridgehead atoms. The van der Waals surface area contributed by atoms with Crippen LogP contribution >= 0.6 is 23.5 Å². The molecule has 1 aliphatic heterocycles. The molecule has 1 saturated heterocycles. The minimum absolute atomic E-state index is 0.0665. The molecule has 1 aromatic rings. The number of hydrogen-bond acceptors (Lipinski definition) is 6. The molecule has 0 saturated carbocycles. The fraction of sp³-hybridized carbons (Fsp3) is 0.818. The van der Waals surface area contributed by atoms with Crippen LogP contribution in [0.25, 0.3) is 0 Å². The van der Waals surface area contributed by atoms with Crippen molar-refractivity contribution in [3.05, 3.63) is 11.7 Å². The smallest absolute Gasteiger partial charge is 0.338 e. The van der Waals surface area contributed by atoms with Gasteiger partial charge in [0.15, 0.2) is 5.82 Å². The predicted octanol–water partition coefficient (Wildman–Crippen LogP) is 3.02. The molecule has 1 fully saturated rings. The van der Waals surface area contributed by atoms with Crippen LogP contribution in [0.2, 0.25) is 0 Å². The third kappa shape index (κ3) is 4.56. The fourth-order valence-corrected chi connectivity index (χ4v) is 4.53. The monoisotopic (exact) mass is 327 g/mol. The molecule has 0 amide bonds. The highest BCUT2D eigenvalue weighted by Crippen LogP contribution is 2.43. The summed E-state index contributed by atoms with van der Waals surface area (Å²) in [4.78, 5) is 4.17. The summed E-state index contributed by atoms with van der Waals surface area (Å²) in [5, 5.41) is 7.33. The first-order valence-electron chi connectivity index (χ1n) is 6.22. The summed E-state index contributed by atoms with van der Waals surface area (Å²) in [6, 6.07) is 0. The van der Waals surface area contributed by atoms with Crippen molar-refractivity contribution >= 4 is 23.5 Å². The van der Waals surface area contributed by atoms with Gasteiger partial charge in [0.05, 0.1) is 18.3 Å². The van der Waals surface area contributed by atoms with Crippen LogP contribution in [0.3, 0.4) is 0 Å².